The van der Waals surface area contributed by atoms with E-state index < -0.39 is 5.97 Å². The van der Waals surface area contributed by atoms with E-state index in [0.717, 1.165) is 5.75 Å². The molecule has 0 radical (unpaired) electrons. The van der Waals surface area contributed by atoms with Gasteiger partial charge in [0.25, 0.3) is 0 Å². The average Bonchev–Trinajstić information content (AvgIpc) is 3.18. The zero-order valence-electron chi connectivity index (χ0n) is 17.1. The van der Waals surface area contributed by atoms with Gasteiger partial charge < -0.3 is 24.5 Å². The molecule has 0 aliphatic rings. The average molecular weight is 442 g/mol. The lowest BCUT2D eigenvalue weighted by Gasteiger charge is -2.09. The molecule has 0 bridgehead atoms. The summed E-state index contributed by atoms with van der Waals surface area (Å²) in [6.45, 7) is 2.85. The largest absolute Gasteiger partial charge is 0.497 e. The minimum absolute atomic E-state index is 0.137. The Balaban J connectivity index is 1.54. The Morgan fingerprint density at radius 3 is 2.35 bits per heavy atom. The van der Waals surface area contributed by atoms with Gasteiger partial charge in [0, 0.05) is 12.2 Å². The lowest BCUT2D eigenvalue weighted by atomic mass is 10.2. The molecule has 1 aromatic heterocycles. The van der Waals surface area contributed by atoms with Gasteiger partial charge in [-0.05, 0) is 55.5 Å². The fourth-order valence-corrected chi connectivity index (χ4v) is 3.51. The van der Waals surface area contributed by atoms with Crippen molar-refractivity contribution in [3.05, 3.63) is 59.9 Å². The van der Waals surface area contributed by atoms with E-state index in [1.807, 2.05) is 35.8 Å². The molecule has 0 atom stereocenters. The van der Waals surface area contributed by atoms with E-state index >= 15 is 0 Å². The number of thioether (sulfide) groups is 1. The quantitative estimate of drug-likeness (QED) is 0.460. The van der Waals surface area contributed by atoms with Crippen molar-refractivity contribution in [1.29, 1.82) is 0 Å². The molecule has 3 rings (SSSR count). The van der Waals surface area contributed by atoms with Gasteiger partial charge in [0.05, 0.1) is 18.4 Å². The molecule has 2 N–H and O–H groups in total. The normalized spacial score (nSPS) is 10.5. The van der Waals surface area contributed by atoms with Crippen LogP contribution in [0, 0.1) is 0 Å². The fraction of sp³-hybridized carbons (Fsp3) is 0.238. The van der Waals surface area contributed by atoms with Crippen molar-refractivity contribution in [2.45, 2.75) is 25.2 Å². The van der Waals surface area contributed by atoms with Gasteiger partial charge >= 0.3 is 5.97 Å². The number of methoxy groups -OCH3 is 1. The molecule has 2 aromatic carbocycles. The highest BCUT2D eigenvalue weighted by molar-refractivity contribution is 7.99. The highest BCUT2D eigenvalue weighted by Gasteiger charge is 2.14. The van der Waals surface area contributed by atoms with Crippen LogP contribution in [0.5, 0.6) is 11.5 Å². The van der Waals surface area contributed by atoms with Crippen LogP contribution in [0.2, 0.25) is 0 Å². The van der Waals surface area contributed by atoms with Crippen LogP contribution in [0.4, 0.5) is 5.69 Å². The van der Waals surface area contributed by atoms with Gasteiger partial charge in [-0.2, -0.15) is 0 Å². The van der Waals surface area contributed by atoms with Crippen LogP contribution >= 0.6 is 11.8 Å². The van der Waals surface area contributed by atoms with Crippen molar-refractivity contribution < 1.29 is 24.2 Å². The zero-order valence-corrected chi connectivity index (χ0v) is 17.9. The maximum Gasteiger partial charge on any atom is 0.335 e. The summed E-state index contributed by atoms with van der Waals surface area (Å²) in [7, 11) is 1.61. The van der Waals surface area contributed by atoms with Gasteiger partial charge in [-0.25, -0.2) is 4.79 Å². The Kier molecular flexibility index (Phi) is 7.50. The Morgan fingerprint density at radius 2 is 1.74 bits per heavy atom. The van der Waals surface area contributed by atoms with Crippen LogP contribution in [0.1, 0.15) is 23.1 Å². The molecule has 0 fully saturated rings. The summed E-state index contributed by atoms with van der Waals surface area (Å²) in [5, 5.41) is 20.6. The number of aromatic nitrogens is 3. The van der Waals surface area contributed by atoms with Crippen molar-refractivity contribution in [2.75, 3.05) is 18.2 Å². The van der Waals surface area contributed by atoms with Crippen molar-refractivity contribution in [1.82, 2.24) is 14.8 Å². The number of ether oxygens (including phenoxy) is 2. The molecule has 162 valence electrons. The van der Waals surface area contributed by atoms with E-state index in [1.54, 1.807) is 19.2 Å². The summed E-state index contributed by atoms with van der Waals surface area (Å²) in [5.41, 5.74) is 0.689. The van der Waals surface area contributed by atoms with Gasteiger partial charge in [-0.3, -0.25) is 4.79 Å². The molecule has 1 heterocycles. The first-order valence-corrected chi connectivity index (χ1v) is 10.4. The molecule has 0 spiro atoms. The molecule has 1 amide bonds. The highest BCUT2D eigenvalue weighted by Crippen LogP contribution is 2.21. The Hall–Kier alpha value is -3.53. The summed E-state index contributed by atoms with van der Waals surface area (Å²) >= 11 is 1.27. The first-order chi connectivity index (χ1) is 15.0. The molecular formula is C21H22N4O5S. The van der Waals surface area contributed by atoms with Crippen LogP contribution in [0.3, 0.4) is 0 Å². The lowest BCUT2D eigenvalue weighted by Crippen LogP contribution is -2.15. The number of hydrogen-bond acceptors (Lipinski definition) is 7. The van der Waals surface area contributed by atoms with Crippen molar-refractivity contribution >= 4 is 29.3 Å². The fourth-order valence-electron chi connectivity index (χ4n) is 2.69. The van der Waals surface area contributed by atoms with Crippen LogP contribution in [-0.4, -0.2) is 44.6 Å². The maximum absolute atomic E-state index is 12.2. The van der Waals surface area contributed by atoms with E-state index in [1.165, 1.54) is 23.9 Å². The third kappa shape index (κ3) is 5.98. The molecule has 0 aliphatic carbocycles. The van der Waals surface area contributed by atoms with Crippen LogP contribution in [0.15, 0.2) is 53.7 Å². The molecule has 0 aliphatic heterocycles. The Morgan fingerprint density at radius 1 is 1.06 bits per heavy atom. The number of aromatic carboxylic acids is 1. The number of carbonyl (C=O) groups excluding carboxylic acids is 1. The minimum atomic E-state index is -1.01. The lowest BCUT2D eigenvalue weighted by molar-refractivity contribution is -0.113. The topological polar surface area (TPSA) is 116 Å². The summed E-state index contributed by atoms with van der Waals surface area (Å²) in [6.07, 6.45) is 0. The number of nitrogens with zero attached hydrogens (tertiary/aromatic N) is 3. The summed E-state index contributed by atoms with van der Waals surface area (Å²) in [4.78, 5) is 23.1. The van der Waals surface area contributed by atoms with E-state index in [9.17, 15) is 9.59 Å². The number of anilines is 1. The van der Waals surface area contributed by atoms with Gasteiger partial charge in [0.15, 0.2) is 11.0 Å². The second-order valence-electron chi connectivity index (χ2n) is 6.33. The van der Waals surface area contributed by atoms with Gasteiger partial charge in [-0.1, -0.05) is 11.8 Å². The third-order valence-corrected chi connectivity index (χ3v) is 5.25. The van der Waals surface area contributed by atoms with Crippen molar-refractivity contribution in [2.24, 2.45) is 0 Å². The molecule has 0 unspecified atom stereocenters. The number of carboxylic acid groups (broad SMARTS) is 1. The number of carboxylic acids is 1. The number of benzene rings is 2. The van der Waals surface area contributed by atoms with E-state index in [-0.39, 0.29) is 23.8 Å². The number of rotatable bonds is 10. The van der Waals surface area contributed by atoms with Gasteiger partial charge in [0.2, 0.25) is 5.91 Å². The van der Waals surface area contributed by atoms with Gasteiger partial charge in [-0.15, -0.1) is 10.2 Å². The smallest absolute Gasteiger partial charge is 0.335 e. The molecular weight excluding hydrogens is 420 g/mol. The number of hydrogen-bond donors (Lipinski definition) is 2. The number of nitrogens with one attached hydrogen (secondary N) is 1. The SMILES string of the molecule is CCn1c(COc2ccc(OC)cc2)nnc1SCC(=O)Nc1ccc(C(=O)O)cc1. The molecule has 31 heavy (non-hydrogen) atoms. The Bertz CT molecular complexity index is 1030. The van der Waals surface area contributed by atoms with Crippen LogP contribution < -0.4 is 14.8 Å². The molecule has 10 heteroatoms. The molecule has 9 nitrogen and oxygen atoms in total. The predicted molar refractivity (Wildman–Crippen MR) is 116 cm³/mol. The predicted octanol–water partition coefficient (Wildman–Crippen LogP) is 3.31. The molecule has 3 aromatic rings. The first kappa shape index (κ1) is 22.2. The summed E-state index contributed by atoms with van der Waals surface area (Å²) in [6, 6.07) is 13.2. The second kappa shape index (κ2) is 10.5. The Labute approximate surface area is 183 Å². The molecule has 0 saturated carbocycles. The zero-order chi connectivity index (χ0) is 22.2. The van der Waals surface area contributed by atoms with E-state index in [0.29, 0.717) is 29.0 Å². The summed E-state index contributed by atoms with van der Waals surface area (Å²) < 4.78 is 12.8. The third-order valence-electron chi connectivity index (χ3n) is 4.29. The number of amides is 1. The van der Waals surface area contributed by atoms with E-state index in [2.05, 4.69) is 15.5 Å². The van der Waals surface area contributed by atoms with E-state index in [4.69, 9.17) is 14.6 Å². The first-order valence-electron chi connectivity index (χ1n) is 9.45. The summed E-state index contributed by atoms with van der Waals surface area (Å²) in [5.74, 6) is 0.991. The van der Waals surface area contributed by atoms with Crippen LogP contribution in [-0.2, 0) is 17.9 Å². The minimum Gasteiger partial charge on any atom is -0.497 e. The number of carbonyl (C=O) groups is 2. The second-order valence-corrected chi connectivity index (χ2v) is 7.27. The standard InChI is InChI=1S/C21H22N4O5S/c1-3-25-18(12-30-17-10-8-16(29-2)9-11-17)23-24-21(25)31-13-19(26)22-15-6-4-14(5-7-15)20(27)28/h4-11H,3,12-13H2,1-2H3,(H,22,26)(H,27,28). The molecule has 0 saturated heterocycles. The van der Waals surface area contributed by atoms with Crippen molar-refractivity contribution in [3.63, 3.8) is 0 Å². The van der Waals surface area contributed by atoms with Crippen molar-refractivity contribution in [3.8, 4) is 11.5 Å². The van der Waals surface area contributed by atoms with Gasteiger partial charge in [0.1, 0.15) is 18.1 Å². The highest BCUT2D eigenvalue weighted by atomic mass is 32.2. The maximum atomic E-state index is 12.2. The van der Waals surface area contributed by atoms with Crippen LogP contribution in [0.25, 0.3) is 0 Å². The monoisotopic (exact) mass is 442 g/mol.